The average molecular weight is 498 g/mol. The Balaban J connectivity index is 2.17. The second-order valence-corrected chi connectivity index (χ2v) is 7.89. The van der Waals surface area contributed by atoms with Gasteiger partial charge >= 0.3 is 12.1 Å². The molecule has 1 saturated carbocycles. The number of halogens is 6. The summed E-state index contributed by atoms with van der Waals surface area (Å²) >= 11 is 0. The fourth-order valence-electron chi connectivity index (χ4n) is 3.88. The van der Waals surface area contributed by atoms with Crippen LogP contribution in [0.4, 0.5) is 26.3 Å². The van der Waals surface area contributed by atoms with Crippen LogP contribution in [0.25, 0.3) is 5.70 Å². The summed E-state index contributed by atoms with van der Waals surface area (Å²) in [5.74, 6) is -6.97. The number of ether oxygens (including phenoxy) is 1. The van der Waals surface area contributed by atoms with Gasteiger partial charge in [0.05, 0.1) is 40.8 Å². The summed E-state index contributed by atoms with van der Waals surface area (Å²) < 4.78 is 89.4. The Bertz CT molecular complexity index is 1250. The lowest BCUT2D eigenvalue weighted by molar-refractivity contribution is -0.138. The first-order valence-corrected chi connectivity index (χ1v) is 10.3. The number of esters is 1. The Morgan fingerprint density at radius 2 is 1.83 bits per heavy atom. The van der Waals surface area contributed by atoms with E-state index < -0.39 is 69.9 Å². The fourth-order valence-corrected chi connectivity index (χ4v) is 3.88. The maximum absolute atomic E-state index is 14.9. The molecule has 0 atom stereocenters. The van der Waals surface area contributed by atoms with Gasteiger partial charge in [0.25, 0.3) is 11.8 Å². The topological polar surface area (TPSA) is 81.8 Å². The Kier molecular flexibility index (Phi) is 7.09. The van der Waals surface area contributed by atoms with E-state index >= 15 is 0 Å². The number of hydrogen-bond acceptors (Lipinski definition) is 4. The third kappa shape index (κ3) is 5.23. The number of amides is 1. The molecule has 2 aromatic carbocycles. The van der Waals surface area contributed by atoms with Crippen LogP contribution < -0.4 is 5.73 Å². The molecule has 2 N–H and O–H groups in total. The number of aryl methyl sites for hydroxylation is 1. The van der Waals surface area contributed by atoms with E-state index in [0.29, 0.717) is 6.07 Å². The molecule has 0 aromatic heterocycles. The highest BCUT2D eigenvalue weighted by Gasteiger charge is 2.43. The van der Waals surface area contributed by atoms with Crippen molar-refractivity contribution >= 4 is 23.3 Å². The van der Waals surface area contributed by atoms with Crippen LogP contribution in [-0.2, 0) is 10.9 Å². The van der Waals surface area contributed by atoms with Gasteiger partial charge in [-0.25, -0.2) is 23.0 Å². The molecule has 1 aliphatic rings. The van der Waals surface area contributed by atoms with Gasteiger partial charge in [0.2, 0.25) is 0 Å². The highest BCUT2D eigenvalue weighted by molar-refractivity contribution is 6.15. The summed E-state index contributed by atoms with van der Waals surface area (Å²) in [6.45, 7) is 1.27. The van der Waals surface area contributed by atoms with Gasteiger partial charge in [-0.05, 0) is 49.6 Å². The van der Waals surface area contributed by atoms with Crippen molar-refractivity contribution in [3.8, 4) is 0 Å². The number of aliphatic imine (C=N–C) groups is 1. The summed E-state index contributed by atoms with van der Waals surface area (Å²) in [6, 6.07) is 5.93. The van der Waals surface area contributed by atoms with E-state index in [2.05, 4.69) is 9.73 Å². The third-order valence-electron chi connectivity index (χ3n) is 5.54. The SMILES string of the molecule is COC(=O)c1ccc(/C(N)=C2/C(=NC(=O)c3c(C)cccc3C(F)(F)F)CCCC2(F)F)c(F)c1. The zero-order chi connectivity index (χ0) is 26.1. The molecular formula is C24H20F6N2O3. The summed E-state index contributed by atoms with van der Waals surface area (Å²) in [5.41, 5.74) is 0.959. The molecule has 1 fully saturated rings. The standard InChI is InChI=1S/C24H20F6N2O3/c1-12-5-3-6-15(24(28,29)30)18(12)21(33)32-17-7-4-10-23(26,27)19(17)20(31)14-9-8-13(11-16(14)25)22(34)35-2/h3,5-6,8-9,11H,4,7,10,31H2,1-2H3/b20-19+,32-17?. The maximum atomic E-state index is 14.9. The van der Waals surface area contributed by atoms with Crippen molar-refractivity contribution in [1.82, 2.24) is 0 Å². The lowest BCUT2D eigenvalue weighted by Crippen LogP contribution is -2.33. The van der Waals surface area contributed by atoms with Crippen molar-refractivity contribution in [3.05, 3.63) is 75.6 Å². The van der Waals surface area contributed by atoms with Crippen molar-refractivity contribution < 1.29 is 40.7 Å². The molecular weight excluding hydrogens is 478 g/mol. The number of carbonyl (C=O) groups is 2. The molecule has 0 heterocycles. The van der Waals surface area contributed by atoms with Crippen LogP contribution in [0.5, 0.6) is 0 Å². The first-order valence-electron chi connectivity index (χ1n) is 10.3. The third-order valence-corrected chi connectivity index (χ3v) is 5.54. The largest absolute Gasteiger partial charge is 0.465 e. The van der Waals surface area contributed by atoms with Gasteiger partial charge in [0, 0.05) is 12.0 Å². The summed E-state index contributed by atoms with van der Waals surface area (Å²) in [4.78, 5) is 28.0. The molecule has 2 aromatic rings. The molecule has 186 valence electrons. The Morgan fingerprint density at radius 1 is 1.14 bits per heavy atom. The predicted molar refractivity (Wildman–Crippen MR) is 116 cm³/mol. The van der Waals surface area contributed by atoms with Crippen LogP contribution in [0.2, 0.25) is 0 Å². The molecule has 1 amide bonds. The van der Waals surface area contributed by atoms with E-state index in [4.69, 9.17) is 5.73 Å². The number of nitrogens with zero attached hydrogens (tertiary/aromatic N) is 1. The first-order chi connectivity index (χ1) is 16.3. The molecule has 0 unspecified atom stereocenters. The van der Waals surface area contributed by atoms with E-state index in [1.54, 1.807) is 0 Å². The van der Waals surface area contributed by atoms with E-state index in [-0.39, 0.29) is 24.0 Å². The molecule has 0 spiro atoms. The van der Waals surface area contributed by atoms with E-state index in [1.807, 2.05) is 0 Å². The van der Waals surface area contributed by atoms with Crippen molar-refractivity contribution in [2.24, 2.45) is 10.7 Å². The van der Waals surface area contributed by atoms with Gasteiger partial charge in [-0.1, -0.05) is 12.1 Å². The molecule has 0 aliphatic heterocycles. The number of hydrogen-bond donors (Lipinski definition) is 1. The summed E-state index contributed by atoms with van der Waals surface area (Å²) in [7, 11) is 1.07. The Morgan fingerprint density at radius 3 is 2.43 bits per heavy atom. The second-order valence-electron chi connectivity index (χ2n) is 7.89. The minimum Gasteiger partial charge on any atom is -0.465 e. The van der Waals surface area contributed by atoms with Gasteiger partial charge in [-0.2, -0.15) is 13.2 Å². The van der Waals surface area contributed by atoms with Crippen molar-refractivity contribution in [3.63, 3.8) is 0 Å². The quantitative estimate of drug-likeness (QED) is 0.434. The monoisotopic (exact) mass is 498 g/mol. The molecule has 35 heavy (non-hydrogen) atoms. The van der Waals surface area contributed by atoms with E-state index in [0.717, 1.165) is 31.4 Å². The van der Waals surface area contributed by atoms with E-state index in [1.165, 1.54) is 13.0 Å². The number of benzene rings is 2. The van der Waals surface area contributed by atoms with Crippen LogP contribution >= 0.6 is 0 Å². The zero-order valence-corrected chi connectivity index (χ0v) is 18.6. The molecule has 3 rings (SSSR count). The Hall–Kier alpha value is -3.63. The fraction of sp³-hybridized carbons (Fsp3) is 0.292. The molecule has 5 nitrogen and oxygen atoms in total. The zero-order valence-electron chi connectivity index (χ0n) is 18.6. The summed E-state index contributed by atoms with van der Waals surface area (Å²) in [5, 5.41) is 0. The van der Waals surface area contributed by atoms with Crippen molar-refractivity contribution in [2.45, 2.75) is 38.3 Å². The van der Waals surface area contributed by atoms with Crippen molar-refractivity contribution in [1.29, 1.82) is 0 Å². The minimum absolute atomic E-state index is 0.0420. The number of methoxy groups -OCH3 is 1. The minimum atomic E-state index is -4.88. The lowest BCUT2D eigenvalue weighted by Gasteiger charge is -2.28. The molecule has 0 saturated heterocycles. The number of nitrogens with two attached hydrogens (primary N) is 1. The second kappa shape index (κ2) is 9.55. The molecule has 0 bridgehead atoms. The van der Waals surface area contributed by atoms with Crippen molar-refractivity contribution in [2.75, 3.05) is 7.11 Å². The van der Waals surface area contributed by atoms with Crippen LogP contribution in [-0.4, -0.2) is 30.6 Å². The van der Waals surface area contributed by atoms with Crippen LogP contribution in [0.1, 0.15) is 56.7 Å². The van der Waals surface area contributed by atoms with Crippen LogP contribution in [0.15, 0.2) is 47.0 Å². The van der Waals surface area contributed by atoms with Crippen LogP contribution in [0.3, 0.4) is 0 Å². The highest BCUT2D eigenvalue weighted by atomic mass is 19.4. The summed E-state index contributed by atoms with van der Waals surface area (Å²) in [6.07, 6.45) is -5.88. The predicted octanol–water partition coefficient (Wildman–Crippen LogP) is 5.71. The molecule has 1 aliphatic carbocycles. The molecule has 11 heteroatoms. The average Bonchev–Trinajstić information content (AvgIpc) is 2.76. The van der Waals surface area contributed by atoms with Gasteiger partial charge in [-0.15, -0.1) is 0 Å². The maximum Gasteiger partial charge on any atom is 0.417 e. The normalized spacial score (nSPS) is 18.3. The number of carbonyl (C=O) groups excluding carboxylic acids is 2. The lowest BCUT2D eigenvalue weighted by atomic mass is 9.86. The highest BCUT2D eigenvalue weighted by Crippen LogP contribution is 2.40. The van der Waals surface area contributed by atoms with Gasteiger partial charge < -0.3 is 10.5 Å². The Labute approximate surface area is 196 Å². The molecule has 0 radical (unpaired) electrons. The smallest absolute Gasteiger partial charge is 0.417 e. The van der Waals surface area contributed by atoms with Gasteiger partial charge in [-0.3, -0.25) is 4.79 Å². The van der Waals surface area contributed by atoms with Crippen LogP contribution in [0, 0.1) is 12.7 Å². The number of allylic oxidation sites excluding steroid dienone is 1. The number of alkyl halides is 5. The first kappa shape index (κ1) is 26.0. The number of rotatable bonds is 3. The van der Waals surface area contributed by atoms with Gasteiger partial charge in [0.1, 0.15) is 5.82 Å². The van der Waals surface area contributed by atoms with Gasteiger partial charge in [0.15, 0.2) is 0 Å². The van der Waals surface area contributed by atoms with E-state index in [9.17, 15) is 35.9 Å².